The molecule has 0 N–H and O–H groups in total. The van der Waals surface area contributed by atoms with Crippen LogP contribution in [-0.2, 0) is 28.6 Å². The van der Waals surface area contributed by atoms with Crippen LogP contribution in [0.2, 0.25) is 0 Å². The number of hydrogen-bond acceptors (Lipinski definition) is 7. The minimum absolute atomic E-state index is 0.207. The predicted octanol–water partition coefficient (Wildman–Crippen LogP) is 1.07. The SMILES string of the molecule is CCOC(=O)C1(C(=O)OCC)CC2=C(CN(CC(=O)OC)CC2)C1. The molecule has 0 atom stereocenters. The van der Waals surface area contributed by atoms with Crippen molar-refractivity contribution in [3.8, 4) is 0 Å². The highest BCUT2D eigenvalue weighted by Crippen LogP contribution is 2.47. The Kier molecular flexibility index (Phi) is 5.99. The molecule has 0 spiro atoms. The monoisotopic (exact) mass is 339 g/mol. The molecule has 0 aromatic rings. The summed E-state index contributed by atoms with van der Waals surface area (Å²) in [6.45, 7) is 5.35. The van der Waals surface area contributed by atoms with E-state index in [4.69, 9.17) is 14.2 Å². The summed E-state index contributed by atoms with van der Waals surface area (Å²) < 4.78 is 15.0. The summed E-state index contributed by atoms with van der Waals surface area (Å²) >= 11 is 0. The molecule has 1 heterocycles. The standard InChI is InChI=1S/C17H25NO6/c1-4-23-15(20)17(16(21)24-5-2)8-12-6-7-18(10-13(12)9-17)11-14(19)22-3/h4-11H2,1-3H3. The lowest BCUT2D eigenvalue weighted by molar-refractivity contribution is -0.171. The number of carbonyl (C=O) groups excluding carboxylic acids is 3. The first kappa shape index (κ1) is 18.4. The molecule has 0 unspecified atom stereocenters. The van der Waals surface area contributed by atoms with Crippen LogP contribution in [0.15, 0.2) is 11.1 Å². The summed E-state index contributed by atoms with van der Waals surface area (Å²) in [6, 6.07) is 0. The third-order valence-corrected chi connectivity index (χ3v) is 4.59. The highest BCUT2D eigenvalue weighted by Gasteiger charge is 2.54. The van der Waals surface area contributed by atoms with Crippen LogP contribution in [0.4, 0.5) is 0 Å². The topological polar surface area (TPSA) is 82.1 Å². The molecule has 0 radical (unpaired) electrons. The summed E-state index contributed by atoms with van der Waals surface area (Å²) in [5.74, 6) is -1.33. The van der Waals surface area contributed by atoms with Crippen LogP contribution in [0, 0.1) is 5.41 Å². The van der Waals surface area contributed by atoms with E-state index in [0.29, 0.717) is 25.9 Å². The average molecular weight is 339 g/mol. The van der Waals surface area contributed by atoms with Crippen molar-refractivity contribution in [3.05, 3.63) is 11.1 Å². The summed E-state index contributed by atoms with van der Waals surface area (Å²) in [4.78, 5) is 38.4. The van der Waals surface area contributed by atoms with Gasteiger partial charge in [-0.2, -0.15) is 0 Å². The Morgan fingerprint density at radius 1 is 1.04 bits per heavy atom. The van der Waals surface area contributed by atoms with Crippen LogP contribution in [0.25, 0.3) is 0 Å². The highest BCUT2D eigenvalue weighted by molar-refractivity contribution is 6.01. The van der Waals surface area contributed by atoms with Gasteiger partial charge >= 0.3 is 17.9 Å². The molecule has 1 aliphatic carbocycles. The van der Waals surface area contributed by atoms with Crippen molar-refractivity contribution < 1.29 is 28.6 Å². The molecule has 24 heavy (non-hydrogen) atoms. The van der Waals surface area contributed by atoms with Crippen molar-refractivity contribution in [1.29, 1.82) is 0 Å². The molecule has 7 nitrogen and oxygen atoms in total. The van der Waals surface area contributed by atoms with Gasteiger partial charge in [-0.15, -0.1) is 0 Å². The Hall–Kier alpha value is -1.89. The first-order chi connectivity index (χ1) is 11.5. The van der Waals surface area contributed by atoms with Crippen molar-refractivity contribution in [3.63, 3.8) is 0 Å². The lowest BCUT2D eigenvalue weighted by Gasteiger charge is -2.27. The average Bonchev–Trinajstić information content (AvgIpc) is 2.95. The van der Waals surface area contributed by atoms with E-state index in [1.54, 1.807) is 13.8 Å². The highest BCUT2D eigenvalue weighted by atomic mass is 16.6. The molecule has 0 aromatic heterocycles. The number of carbonyl (C=O) groups is 3. The van der Waals surface area contributed by atoms with E-state index in [9.17, 15) is 14.4 Å². The molecule has 7 heteroatoms. The van der Waals surface area contributed by atoms with Gasteiger partial charge in [0.2, 0.25) is 0 Å². The van der Waals surface area contributed by atoms with Crippen molar-refractivity contribution in [2.75, 3.05) is 40.0 Å². The van der Waals surface area contributed by atoms with Gasteiger partial charge in [-0.25, -0.2) is 0 Å². The van der Waals surface area contributed by atoms with Gasteiger partial charge in [0.05, 0.1) is 26.9 Å². The Morgan fingerprint density at radius 2 is 1.62 bits per heavy atom. The predicted molar refractivity (Wildman–Crippen MR) is 85.0 cm³/mol. The zero-order valence-corrected chi connectivity index (χ0v) is 14.6. The molecule has 0 saturated heterocycles. The molecule has 0 saturated carbocycles. The zero-order chi connectivity index (χ0) is 17.7. The smallest absolute Gasteiger partial charge is 0.324 e. The number of rotatable bonds is 6. The molecule has 2 rings (SSSR count). The van der Waals surface area contributed by atoms with E-state index in [1.807, 2.05) is 4.90 Å². The lowest BCUT2D eigenvalue weighted by atomic mass is 9.83. The summed E-state index contributed by atoms with van der Waals surface area (Å²) in [6.07, 6.45) is 1.39. The van der Waals surface area contributed by atoms with Crippen molar-refractivity contribution in [2.45, 2.75) is 33.1 Å². The zero-order valence-electron chi connectivity index (χ0n) is 14.6. The van der Waals surface area contributed by atoms with Gasteiger partial charge in [-0.3, -0.25) is 19.3 Å². The van der Waals surface area contributed by atoms with Gasteiger partial charge < -0.3 is 14.2 Å². The van der Waals surface area contributed by atoms with Crippen LogP contribution in [0.3, 0.4) is 0 Å². The Bertz CT molecular complexity index is 535. The van der Waals surface area contributed by atoms with Crippen LogP contribution in [0.1, 0.15) is 33.1 Å². The van der Waals surface area contributed by atoms with Gasteiger partial charge in [0, 0.05) is 13.1 Å². The fourth-order valence-corrected chi connectivity index (χ4v) is 3.41. The van der Waals surface area contributed by atoms with E-state index < -0.39 is 17.4 Å². The van der Waals surface area contributed by atoms with E-state index in [1.165, 1.54) is 7.11 Å². The maximum absolute atomic E-state index is 12.5. The minimum atomic E-state index is -1.27. The normalized spacial score (nSPS) is 19.6. The van der Waals surface area contributed by atoms with Crippen molar-refractivity contribution in [2.24, 2.45) is 5.41 Å². The van der Waals surface area contributed by atoms with Gasteiger partial charge in [0.15, 0.2) is 5.41 Å². The molecule has 1 aliphatic heterocycles. The third-order valence-electron chi connectivity index (χ3n) is 4.59. The van der Waals surface area contributed by atoms with E-state index in [-0.39, 0.29) is 25.7 Å². The number of nitrogens with zero attached hydrogens (tertiary/aromatic N) is 1. The molecular formula is C17H25NO6. The van der Waals surface area contributed by atoms with Crippen LogP contribution < -0.4 is 0 Å². The molecule has 0 amide bonds. The minimum Gasteiger partial charge on any atom is -0.468 e. The number of ether oxygens (including phenoxy) is 3. The maximum atomic E-state index is 12.5. The fraction of sp³-hybridized carbons (Fsp3) is 0.706. The Balaban J connectivity index is 2.15. The van der Waals surface area contributed by atoms with E-state index in [0.717, 1.165) is 17.6 Å². The molecule has 2 aliphatic rings. The second-order valence-corrected chi connectivity index (χ2v) is 6.12. The molecule has 0 fully saturated rings. The van der Waals surface area contributed by atoms with Gasteiger partial charge in [0.1, 0.15) is 0 Å². The van der Waals surface area contributed by atoms with Gasteiger partial charge in [0.25, 0.3) is 0 Å². The number of hydrogen-bond donors (Lipinski definition) is 0. The third kappa shape index (κ3) is 3.61. The molecule has 134 valence electrons. The largest absolute Gasteiger partial charge is 0.468 e. The molecular weight excluding hydrogens is 314 g/mol. The maximum Gasteiger partial charge on any atom is 0.324 e. The van der Waals surface area contributed by atoms with Crippen LogP contribution in [-0.4, -0.2) is 62.8 Å². The van der Waals surface area contributed by atoms with E-state index >= 15 is 0 Å². The summed E-state index contributed by atoms with van der Waals surface area (Å²) in [5, 5.41) is 0. The van der Waals surface area contributed by atoms with Crippen molar-refractivity contribution in [1.82, 2.24) is 4.90 Å². The fourth-order valence-electron chi connectivity index (χ4n) is 3.41. The van der Waals surface area contributed by atoms with Crippen LogP contribution in [0.5, 0.6) is 0 Å². The first-order valence-electron chi connectivity index (χ1n) is 8.30. The van der Waals surface area contributed by atoms with Gasteiger partial charge in [-0.1, -0.05) is 11.1 Å². The quantitative estimate of drug-likeness (QED) is 0.310. The summed E-state index contributed by atoms with van der Waals surface area (Å²) in [7, 11) is 1.36. The van der Waals surface area contributed by atoms with E-state index in [2.05, 4.69) is 0 Å². The summed E-state index contributed by atoms with van der Waals surface area (Å²) in [5.41, 5.74) is 0.876. The first-order valence-corrected chi connectivity index (χ1v) is 8.30. The number of methoxy groups -OCH3 is 1. The lowest BCUT2D eigenvalue weighted by Crippen LogP contribution is -2.40. The Morgan fingerprint density at radius 3 is 2.17 bits per heavy atom. The Labute approximate surface area is 141 Å². The molecule has 0 bridgehead atoms. The second kappa shape index (κ2) is 7.79. The van der Waals surface area contributed by atoms with Crippen LogP contribution >= 0.6 is 0 Å². The number of esters is 3. The van der Waals surface area contributed by atoms with Crippen molar-refractivity contribution >= 4 is 17.9 Å². The molecule has 0 aromatic carbocycles. The second-order valence-electron chi connectivity index (χ2n) is 6.12. The van der Waals surface area contributed by atoms with Gasteiger partial charge in [-0.05, 0) is 33.1 Å².